The fourth-order valence-corrected chi connectivity index (χ4v) is 3.51. The Bertz CT molecular complexity index is 205. The van der Waals surface area contributed by atoms with E-state index in [1.165, 1.54) is 25.7 Å². The fraction of sp³-hybridized carbons (Fsp3) is 1.00. The summed E-state index contributed by atoms with van der Waals surface area (Å²) in [6, 6.07) is 0.612. The molecule has 2 rings (SSSR count). The Hall–Kier alpha value is -0.0800. The second kappa shape index (κ2) is 5.50. The summed E-state index contributed by atoms with van der Waals surface area (Å²) in [5.74, 6) is 2.96. The van der Waals surface area contributed by atoms with Crippen LogP contribution in [0.4, 0.5) is 0 Å². The molecule has 3 atom stereocenters. The van der Waals surface area contributed by atoms with Crippen LogP contribution in [0.5, 0.6) is 0 Å². The van der Waals surface area contributed by atoms with Gasteiger partial charge in [0.1, 0.15) is 0 Å². The first kappa shape index (κ1) is 12.4. The van der Waals surface area contributed by atoms with E-state index in [0.29, 0.717) is 12.1 Å². The van der Waals surface area contributed by atoms with E-state index in [0.717, 1.165) is 30.9 Å². The third kappa shape index (κ3) is 2.78. The molecule has 2 fully saturated rings. The number of likely N-dealkylation sites (N-methyl/N-ethyl adjacent to an activating group) is 1. The zero-order valence-electron chi connectivity index (χ0n) is 11.0. The van der Waals surface area contributed by atoms with Crippen LogP contribution < -0.4 is 5.32 Å². The Morgan fingerprint density at radius 1 is 1.19 bits per heavy atom. The molecule has 0 bridgehead atoms. The Morgan fingerprint density at radius 3 is 2.31 bits per heavy atom. The normalized spacial score (nSPS) is 34.9. The van der Waals surface area contributed by atoms with Crippen molar-refractivity contribution in [3.8, 4) is 0 Å². The van der Waals surface area contributed by atoms with E-state index in [9.17, 15) is 0 Å². The molecule has 0 heterocycles. The summed E-state index contributed by atoms with van der Waals surface area (Å²) in [6.45, 7) is 8.44. The first-order valence-corrected chi connectivity index (χ1v) is 7.09. The van der Waals surface area contributed by atoms with Gasteiger partial charge in [0.15, 0.2) is 0 Å². The number of hydrogen-bond donors (Lipinski definition) is 1. The van der Waals surface area contributed by atoms with Crippen LogP contribution in [0.1, 0.15) is 46.5 Å². The van der Waals surface area contributed by atoms with Crippen molar-refractivity contribution in [1.29, 1.82) is 0 Å². The van der Waals surface area contributed by atoms with Gasteiger partial charge < -0.3 is 10.1 Å². The number of nitrogens with one attached hydrogen (secondary N) is 1. The first-order chi connectivity index (χ1) is 7.74. The average Bonchev–Trinajstić information content (AvgIpc) is 2.98. The SMILES string of the molecule is CCNC(COC(C)C)C1C2CCCCC21. The Kier molecular flexibility index (Phi) is 4.26. The molecule has 2 nitrogen and oxygen atoms in total. The van der Waals surface area contributed by atoms with Gasteiger partial charge in [0.05, 0.1) is 12.7 Å². The topological polar surface area (TPSA) is 21.3 Å². The highest BCUT2D eigenvalue weighted by Gasteiger charge is 2.53. The van der Waals surface area contributed by atoms with Gasteiger partial charge in [-0.25, -0.2) is 0 Å². The van der Waals surface area contributed by atoms with Crippen molar-refractivity contribution in [2.45, 2.75) is 58.6 Å². The summed E-state index contributed by atoms with van der Waals surface area (Å²) < 4.78 is 5.80. The molecule has 0 aromatic heterocycles. The van der Waals surface area contributed by atoms with Crippen molar-refractivity contribution in [3.05, 3.63) is 0 Å². The van der Waals surface area contributed by atoms with Crippen LogP contribution in [-0.4, -0.2) is 25.3 Å². The summed E-state index contributed by atoms with van der Waals surface area (Å²) in [7, 11) is 0. The van der Waals surface area contributed by atoms with Gasteiger partial charge in [0.2, 0.25) is 0 Å². The Morgan fingerprint density at radius 2 is 1.81 bits per heavy atom. The largest absolute Gasteiger partial charge is 0.377 e. The molecule has 0 spiro atoms. The van der Waals surface area contributed by atoms with Crippen LogP contribution in [0, 0.1) is 17.8 Å². The zero-order chi connectivity index (χ0) is 11.5. The second-order valence-electron chi connectivity index (χ2n) is 5.74. The van der Waals surface area contributed by atoms with Crippen molar-refractivity contribution < 1.29 is 4.74 Å². The summed E-state index contributed by atoms with van der Waals surface area (Å²) >= 11 is 0. The monoisotopic (exact) mass is 225 g/mol. The Balaban J connectivity index is 1.82. The molecule has 0 radical (unpaired) electrons. The average molecular weight is 225 g/mol. The van der Waals surface area contributed by atoms with Crippen molar-refractivity contribution in [2.75, 3.05) is 13.2 Å². The molecule has 0 amide bonds. The maximum Gasteiger partial charge on any atom is 0.0626 e. The summed E-state index contributed by atoms with van der Waals surface area (Å²) in [6.07, 6.45) is 6.22. The van der Waals surface area contributed by atoms with Gasteiger partial charge in [-0.15, -0.1) is 0 Å². The van der Waals surface area contributed by atoms with Gasteiger partial charge >= 0.3 is 0 Å². The summed E-state index contributed by atoms with van der Waals surface area (Å²) in [4.78, 5) is 0. The molecule has 0 aliphatic heterocycles. The minimum Gasteiger partial charge on any atom is -0.377 e. The van der Waals surface area contributed by atoms with E-state index >= 15 is 0 Å². The standard InChI is InChI=1S/C14H27NO/c1-4-15-13(9-16-10(2)3)14-11-7-5-6-8-12(11)14/h10-15H,4-9H2,1-3H3. The predicted molar refractivity (Wildman–Crippen MR) is 67.5 cm³/mol. The Labute approximate surface area is 100 Å². The first-order valence-electron chi connectivity index (χ1n) is 7.09. The fourth-order valence-electron chi connectivity index (χ4n) is 3.51. The van der Waals surface area contributed by atoms with Crippen LogP contribution in [0.2, 0.25) is 0 Å². The smallest absolute Gasteiger partial charge is 0.0626 e. The number of rotatable bonds is 6. The third-order valence-electron chi connectivity index (χ3n) is 4.26. The van der Waals surface area contributed by atoms with Crippen molar-refractivity contribution in [1.82, 2.24) is 5.32 Å². The van der Waals surface area contributed by atoms with Crippen LogP contribution in [0.25, 0.3) is 0 Å². The number of ether oxygens (including phenoxy) is 1. The van der Waals surface area contributed by atoms with E-state index < -0.39 is 0 Å². The predicted octanol–water partition coefficient (Wildman–Crippen LogP) is 2.83. The lowest BCUT2D eigenvalue weighted by Gasteiger charge is -2.20. The zero-order valence-corrected chi connectivity index (χ0v) is 11.0. The second-order valence-corrected chi connectivity index (χ2v) is 5.74. The molecule has 0 aromatic rings. The molecule has 2 saturated carbocycles. The number of fused-ring (bicyclic) bond motifs is 1. The minimum atomic E-state index is 0.363. The lowest BCUT2D eigenvalue weighted by Crippen LogP contribution is -2.37. The van der Waals surface area contributed by atoms with E-state index in [4.69, 9.17) is 4.74 Å². The van der Waals surface area contributed by atoms with Gasteiger partial charge in [-0.2, -0.15) is 0 Å². The molecule has 0 aromatic carbocycles. The third-order valence-corrected chi connectivity index (χ3v) is 4.26. The van der Waals surface area contributed by atoms with E-state index in [-0.39, 0.29) is 0 Å². The highest BCUT2D eigenvalue weighted by Crippen LogP contribution is 2.56. The van der Waals surface area contributed by atoms with Crippen LogP contribution >= 0.6 is 0 Å². The van der Waals surface area contributed by atoms with Crippen molar-refractivity contribution in [2.24, 2.45) is 17.8 Å². The van der Waals surface area contributed by atoms with E-state index in [1.54, 1.807) is 0 Å². The minimum absolute atomic E-state index is 0.363. The quantitative estimate of drug-likeness (QED) is 0.750. The molecule has 0 saturated heterocycles. The molecular formula is C14H27NO. The van der Waals surface area contributed by atoms with Crippen LogP contribution in [-0.2, 0) is 4.74 Å². The van der Waals surface area contributed by atoms with Gasteiger partial charge in [-0.3, -0.25) is 0 Å². The molecule has 2 aliphatic rings. The molecule has 3 unspecified atom stereocenters. The molecule has 16 heavy (non-hydrogen) atoms. The van der Waals surface area contributed by atoms with Gasteiger partial charge in [0.25, 0.3) is 0 Å². The van der Waals surface area contributed by atoms with Gasteiger partial charge in [0, 0.05) is 6.04 Å². The van der Waals surface area contributed by atoms with Crippen molar-refractivity contribution in [3.63, 3.8) is 0 Å². The van der Waals surface area contributed by atoms with Crippen molar-refractivity contribution >= 4 is 0 Å². The summed E-state index contributed by atoms with van der Waals surface area (Å²) in [5.41, 5.74) is 0. The summed E-state index contributed by atoms with van der Waals surface area (Å²) in [5, 5.41) is 3.63. The molecule has 2 heteroatoms. The maximum atomic E-state index is 5.80. The van der Waals surface area contributed by atoms with Gasteiger partial charge in [-0.1, -0.05) is 19.8 Å². The highest BCUT2D eigenvalue weighted by atomic mass is 16.5. The number of hydrogen-bond acceptors (Lipinski definition) is 2. The highest BCUT2D eigenvalue weighted by molar-refractivity contribution is 5.04. The molecule has 1 N–H and O–H groups in total. The maximum absolute atomic E-state index is 5.80. The van der Waals surface area contributed by atoms with Crippen LogP contribution in [0.15, 0.2) is 0 Å². The molecule has 94 valence electrons. The van der Waals surface area contributed by atoms with E-state index in [2.05, 4.69) is 26.1 Å². The van der Waals surface area contributed by atoms with Gasteiger partial charge in [-0.05, 0) is 51.0 Å². The molecule has 2 aliphatic carbocycles. The van der Waals surface area contributed by atoms with E-state index in [1.807, 2.05) is 0 Å². The van der Waals surface area contributed by atoms with Crippen LogP contribution in [0.3, 0.4) is 0 Å². The lowest BCUT2D eigenvalue weighted by atomic mass is 10.0. The molecular weight excluding hydrogens is 198 g/mol. The lowest BCUT2D eigenvalue weighted by molar-refractivity contribution is 0.0552.